The average Bonchev–Trinajstić information content (AvgIpc) is 2.60. The Balaban J connectivity index is 1.83. The summed E-state index contributed by atoms with van der Waals surface area (Å²) in [4.78, 5) is 12.2. The SMILES string of the molecule is COc1ccc(CCNC(=O)CNc2cc(S(C)(=O)=O)ccc2C)cc1. The van der Waals surface area contributed by atoms with Crippen LogP contribution in [0.2, 0.25) is 0 Å². The number of sulfone groups is 1. The van der Waals surface area contributed by atoms with Gasteiger partial charge in [0.2, 0.25) is 5.91 Å². The van der Waals surface area contributed by atoms with Crippen LogP contribution in [0.3, 0.4) is 0 Å². The van der Waals surface area contributed by atoms with Gasteiger partial charge in [0.05, 0.1) is 18.6 Å². The minimum absolute atomic E-state index is 0.0800. The molecular formula is C19H24N2O4S. The molecule has 26 heavy (non-hydrogen) atoms. The summed E-state index contributed by atoms with van der Waals surface area (Å²) < 4.78 is 28.4. The third-order valence-electron chi connectivity index (χ3n) is 3.97. The van der Waals surface area contributed by atoms with E-state index in [1.807, 2.05) is 31.2 Å². The van der Waals surface area contributed by atoms with Crippen LogP contribution in [0, 0.1) is 6.92 Å². The summed E-state index contributed by atoms with van der Waals surface area (Å²) in [5.74, 6) is 0.649. The molecule has 0 radical (unpaired) electrons. The summed E-state index contributed by atoms with van der Waals surface area (Å²) in [5, 5.41) is 5.84. The number of anilines is 1. The van der Waals surface area contributed by atoms with Crippen LogP contribution in [-0.2, 0) is 21.1 Å². The second kappa shape index (κ2) is 8.71. The Morgan fingerprint density at radius 2 is 1.81 bits per heavy atom. The molecule has 0 fully saturated rings. The fourth-order valence-corrected chi connectivity index (χ4v) is 3.05. The summed E-state index contributed by atoms with van der Waals surface area (Å²) in [5.41, 5.74) is 2.62. The summed E-state index contributed by atoms with van der Waals surface area (Å²) in [7, 11) is -1.66. The Morgan fingerprint density at radius 3 is 2.42 bits per heavy atom. The van der Waals surface area contributed by atoms with E-state index >= 15 is 0 Å². The van der Waals surface area contributed by atoms with Gasteiger partial charge < -0.3 is 15.4 Å². The molecule has 0 aliphatic carbocycles. The van der Waals surface area contributed by atoms with E-state index in [0.29, 0.717) is 12.2 Å². The Kier molecular flexibility index (Phi) is 6.63. The largest absolute Gasteiger partial charge is 0.497 e. The lowest BCUT2D eigenvalue weighted by Crippen LogP contribution is -2.31. The molecule has 140 valence electrons. The molecule has 0 unspecified atom stereocenters. The number of hydrogen-bond acceptors (Lipinski definition) is 5. The summed E-state index contributed by atoms with van der Waals surface area (Å²) in [6.45, 7) is 2.46. The molecule has 6 nitrogen and oxygen atoms in total. The van der Waals surface area contributed by atoms with E-state index < -0.39 is 9.84 Å². The van der Waals surface area contributed by atoms with Crippen molar-refractivity contribution in [2.24, 2.45) is 0 Å². The number of nitrogens with one attached hydrogen (secondary N) is 2. The lowest BCUT2D eigenvalue weighted by molar-refractivity contribution is -0.119. The van der Waals surface area contributed by atoms with E-state index in [0.717, 1.165) is 29.6 Å². The van der Waals surface area contributed by atoms with E-state index in [2.05, 4.69) is 10.6 Å². The molecule has 0 aliphatic rings. The maximum atomic E-state index is 12.0. The number of amides is 1. The van der Waals surface area contributed by atoms with Gasteiger partial charge in [0.1, 0.15) is 5.75 Å². The topological polar surface area (TPSA) is 84.5 Å². The van der Waals surface area contributed by atoms with Gasteiger partial charge in [-0.1, -0.05) is 18.2 Å². The number of carbonyl (C=O) groups is 1. The van der Waals surface area contributed by atoms with Gasteiger partial charge in [0.15, 0.2) is 9.84 Å². The van der Waals surface area contributed by atoms with Crippen LogP contribution < -0.4 is 15.4 Å². The third-order valence-corrected chi connectivity index (χ3v) is 5.08. The van der Waals surface area contributed by atoms with Crippen molar-refractivity contribution < 1.29 is 17.9 Å². The van der Waals surface area contributed by atoms with Gasteiger partial charge >= 0.3 is 0 Å². The van der Waals surface area contributed by atoms with E-state index in [9.17, 15) is 13.2 Å². The predicted octanol–water partition coefficient (Wildman–Crippen LogP) is 2.18. The van der Waals surface area contributed by atoms with E-state index in [1.54, 1.807) is 25.3 Å². The van der Waals surface area contributed by atoms with Crippen molar-refractivity contribution >= 4 is 21.4 Å². The minimum Gasteiger partial charge on any atom is -0.497 e. The quantitative estimate of drug-likeness (QED) is 0.738. The highest BCUT2D eigenvalue weighted by atomic mass is 32.2. The lowest BCUT2D eigenvalue weighted by atomic mass is 10.1. The molecule has 0 heterocycles. The zero-order valence-corrected chi connectivity index (χ0v) is 16.0. The molecule has 2 N–H and O–H groups in total. The van der Waals surface area contributed by atoms with Gasteiger partial charge in [-0.25, -0.2) is 8.42 Å². The normalized spacial score (nSPS) is 11.0. The molecule has 0 aromatic heterocycles. The number of methoxy groups -OCH3 is 1. The molecule has 0 saturated carbocycles. The average molecular weight is 376 g/mol. The smallest absolute Gasteiger partial charge is 0.239 e. The second-order valence-corrected chi connectivity index (χ2v) is 8.07. The third kappa shape index (κ3) is 5.77. The first kappa shape index (κ1) is 19.8. The molecule has 2 aromatic rings. The van der Waals surface area contributed by atoms with Crippen molar-refractivity contribution in [3.8, 4) is 5.75 Å². The van der Waals surface area contributed by atoms with Crippen LogP contribution >= 0.6 is 0 Å². The van der Waals surface area contributed by atoms with Gasteiger partial charge in [0.25, 0.3) is 0 Å². The molecular weight excluding hydrogens is 352 g/mol. The molecule has 1 amide bonds. The van der Waals surface area contributed by atoms with Crippen LogP contribution in [0.4, 0.5) is 5.69 Å². The Bertz CT molecular complexity index is 862. The van der Waals surface area contributed by atoms with Gasteiger partial charge in [0, 0.05) is 18.5 Å². The molecule has 0 aliphatic heterocycles. The predicted molar refractivity (Wildman–Crippen MR) is 102 cm³/mol. The van der Waals surface area contributed by atoms with Crippen LogP contribution in [0.1, 0.15) is 11.1 Å². The highest BCUT2D eigenvalue weighted by Gasteiger charge is 2.10. The lowest BCUT2D eigenvalue weighted by Gasteiger charge is -2.11. The molecule has 0 spiro atoms. The number of aryl methyl sites for hydroxylation is 1. The molecule has 0 atom stereocenters. The van der Waals surface area contributed by atoms with E-state index in [4.69, 9.17) is 4.74 Å². The van der Waals surface area contributed by atoms with Crippen molar-refractivity contribution in [1.29, 1.82) is 0 Å². The first-order valence-corrected chi connectivity index (χ1v) is 10.1. The molecule has 0 bridgehead atoms. The van der Waals surface area contributed by atoms with E-state index in [-0.39, 0.29) is 17.3 Å². The fourth-order valence-electron chi connectivity index (χ4n) is 2.40. The van der Waals surface area contributed by atoms with Crippen LogP contribution in [0.25, 0.3) is 0 Å². The Labute approximate surface area is 154 Å². The van der Waals surface area contributed by atoms with Gasteiger partial charge in [-0.2, -0.15) is 0 Å². The number of ether oxygens (including phenoxy) is 1. The van der Waals surface area contributed by atoms with Gasteiger partial charge in [-0.3, -0.25) is 4.79 Å². The standard InChI is InChI=1S/C19H24N2O4S/c1-14-4-9-17(26(3,23)24)12-18(14)21-13-19(22)20-11-10-15-5-7-16(25-2)8-6-15/h4-9,12,21H,10-11,13H2,1-3H3,(H,20,22). The highest BCUT2D eigenvalue weighted by Crippen LogP contribution is 2.19. The first-order chi connectivity index (χ1) is 12.3. The van der Waals surface area contributed by atoms with Crippen molar-refractivity contribution in [2.45, 2.75) is 18.2 Å². The molecule has 2 aromatic carbocycles. The zero-order valence-electron chi connectivity index (χ0n) is 15.2. The summed E-state index contributed by atoms with van der Waals surface area (Å²) in [6.07, 6.45) is 1.88. The monoisotopic (exact) mass is 376 g/mol. The van der Waals surface area contributed by atoms with Crippen molar-refractivity contribution in [3.63, 3.8) is 0 Å². The van der Waals surface area contributed by atoms with Gasteiger partial charge in [-0.15, -0.1) is 0 Å². The highest BCUT2D eigenvalue weighted by molar-refractivity contribution is 7.90. The number of carbonyl (C=O) groups excluding carboxylic acids is 1. The number of hydrogen-bond donors (Lipinski definition) is 2. The van der Waals surface area contributed by atoms with Crippen LogP contribution in [0.5, 0.6) is 5.75 Å². The minimum atomic E-state index is -3.28. The zero-order chi connectivity index (χ0) is 19.2. The first-order valence-electron chi connectivity index (χ1n) is 8.24. The Hall–Kier alpha value is -2.54. The van der Waals surface area contributed by atoms with Gasteiger partial charge in [-0.05, 0) is 48.7 Å². The van der Waals surface area contributed by atoms with Crippen molar-refractivity contribution in [2.75, 3.05) is 31.8 Å². The van der Waals surface area contributed by atoms with Crippen molar-refractivity contribution in [1.82, 2.24) is 5.32 Å². The van der Waals surface area contributed by atoms with Crippen LogP contribution in [-0.4, -0.2) is 40.8 Å². The Morgan fingerprint density at radius 1 is 1.12 bits per heavy atom. The number of benzene rings is 2. The maximum absolute atomic E-state index is 12.0. The van der Waals surface area contributed by atoms with E-state index in [1.165, 1.54) is 0 Å². The second-order valence-electron chi connectivity index (χ2n) is 6.05. The molecule has 0 saturated heterocycles. The van der Waals surface area contributed by atoms with Crippen molar-refractivity contribution in [3.05, 3.63) is 53.6 Å². The maximum Gasteiger partial charge on any atom is 0.239 e. The summed E-state index contributed by atoms with van der Waals surface area (Å²) in [6, 6.07) is 12.5. The molecule has 2 rings (SSSR count). The summed E-state index contributed by atoms with van der Waals surface area (Å²) >= 11 is 0. The van der Waals surface area contributed by atoms with Crippen LogP contribution in [0.15, 0.2) is 47.4 Å². The fraction of sp³-hybridized carbons (Fsp3) is 0.316. The molecule has 7 heteroatoms. The number of rotatable bonds is 8.